The molecule has 0 aromatic heterocycles. The highest BCUT2D eigenvalue weighted by Crippen LogP contribution is 2.38. The zero-order chi connectivity index (χ0) is 14.5. The van der Waals surface area contributed by atoms with Crippen molar-refractivity contribution in [3.8, 4) is 11.5 Å². The van der Waals surface area contributed by atoms with Crippen molar-refractivity contribution in [3.05, 3.63) is 22.7 Å². The van der Waals surface area contributed by atoms with E-state index in [4.69, 9.17) is 21.1 Å². The molecule has 1 heterocycles. The molecule has 5 nitrogen and oxygen atoms in total. The summed E-state index contributed by atoms with van der Waals surface area (Å²) in [7, 11) is 1.86. The van der Waals surface area contributed by atoms with Crippen molar-refractivity contribution in [2.45, 2.75) is 19.4 Å². The molecule has 1 aliphatic heterocycles. The van der Waals surface area contributed by atoms with Gasteiger partial charge in [0.15, 0.2) is 11.5 Å². The van der Waals surface area contributed by atoms with Gasteiger partial charge in [-0.15, -0.1) is 0 Å². The molecule has 2 N–H and O–H groups in total. The maximum absolute atomic E-state index is 11.9. The number of likely N-dealkylation sites (N-methyl/N-ethyl adjacent to an activating group) is 1. The molecular weight excluding hydrogens is 280 g/mol. The fourth-order valence-electron chi connectivity index (χ4n) is 1.88. The number of carbonyl (C=O) groups excluding carboxylic acids is 1. The van der Waals surface area contributed by atoms with E-state index in [9.17, 15) is 4.79 Å². The number of carbonyl (C=O) groups is 1. The van der Waals surface area contributed by atoms with Gasteiger partial charge in [-0.1, -0.05) is 11.6 Å². The molecule has 1 unspecified atom stereocenters. The third-order valence-electron chi connectivity index (χ3n) is 3.12. The van der Waals surface area contributed by atoms with Crippen LogP contribution < -0.4 is 20.1 Å². The molecule has 20 heavy (non-hydrogen) atoms. The average molecular weight is 299 g/mol. The first-order valence-electron chi connectivity index (χ1n) is 6.62. The Labute approximate surface area is 123 Å². The molecule has 0 saturated carbocycles. The lowest BCUT2D eigenvalue weighted by molar-refractivity contribution is -0.120. The normalized spacial score (nSPS) is 14.8. The van der Waals surface area contributed by atoms with Gasteiger partial charge >= 0.3 is 0 Å². The quantitative estimate of drug-likeness (QED) is 0.862. The number of fused-ring (bicyclic) bond motifs is 1. The minimum Gasteiger partial charge on any atom is -0.486 e. The fraction of sp³-hybridized carbons (Fsp3) is 0.500. The summed E-state index contributed by atoms with van der Waals surface area (Å²) in [6.45, 7) is 3.59. The van der Waals surface area contributed by atoms with E-state index < -0.39 is 0 Å². The Kier molecular flexibility index (Phi) is 5.09. The average Bonchev–Trinajstić information content (AvgIpc) is 2.44. The lowest BCUT2D eigenvalue weighted by atomic mass is 10.1. The molecule has 6 heteroatoms. The number of hydrogen-bond acceptors (Lipinski definition) is 4. The Morgan fingerprint density at radius 1 is 1.40 bits per heavy atom. The molecular formula is C14H19ClN2O3. The van der Waals surface area contributed by atoms with E-state index in [1.165, 1.54) is 0 Å². The van der Waals surface area contributed by atoms with Crippen LogP contribution in [0.5, 0.6) is 11.5 Å². The van der Waals surface area contributed by atoms with Gasteiger partial charge in [-0.25, -0.2) is 0 Å². The monoisotopic (exact) mass is 298 g/mol. The number of amides is 1. The predicted octanol–water partition coefficient (Wildman–Crippen LogP) is 1.38. The van der Waals surface area contributed by atoms with Crippen molar-refractivity contribution < 1.29 is 14.3 Å². The van der Waals surface area contributed by atoms with E-state index in [-0.39, 0.29) is 18.4 Å². The van der Waals surface area contributed by atoms with Crippen LogP contribution in [0.1, 0.15) is 12.5 Å². The van der Waals surface area contributed by atoms with Gasteiger partial charge in [0.1, 0.15) is 13.2 Å². The van der Waals surface area contributed by atoms with E-state index in [1.807, 2.05) is 14.0 Å². The van der Waals surface area contributed by atoms with Gasteiger partial charge in [0.05, 0.1) is 11.4 Å². The highest BCUT2D eigenvalue weighted by Gasteiger charge is 2.17. The summed E-state index contributed by atoms with van der Waals surface area (Å²) < 4.78 is 10.9. The Balaban J connectivity index is 1.99. The summed E-state index contributed by atoms with van der Waals surface area (Å²) in [6.07, 6.45) is 0.271. The Morgan fingerprint density at radius 2 is 2.15 bits per heavy atom. The van der Waals surface area contributed by atoms with Crippen LogP contribution in [-0.2, 0) is 11.2 Å². The number of rotatable bonds is 5. The van der Waals surface area contributed by atoms with Gasteiger partial charge in [-0.2, -0.15) is 0 Å². The van der Waals surface area contributed by atoms with Crippen LogP contribution in [0.15, 0.2) is 12.1 Å². The number of ether oxygens (including phenoxy) is 2. The predicted molar refractivity (Wildman–Crippen MR) is 77.7 cm³/mol. The summed E-state index contributed by atoms with van der Waals surface area (Å²) in [6, 6.07) is 3.79. The lowest BCUT2D eigenvalue weighted by Crippen LogP contribution is -2.37. The molecule has 0 fully saturated rings. The smallest absolute Gasteiger partial charge is 0.224 e. The Bertz CT molecular complexity index is 494. The number of benzene rings is 1. The molecule has 0 saturated heterocycles. The minimum atomic E-state index is -0.0418. The second-order valence-corrected chi connectivity index (χ2v) is 5.18. The molecule has 0 bridgehead atoms. The summed E-state index contributed by atoms with van der Waals surface area (Å²) in [5.41, 5.74) is 0.814. The van der Waals surface area contributed by atoms with E-state index in [2.05, 4.69) is 10.6 Å². The SMILES string of the molecule is CNC(C)CNC(=O)Cc1cc(Cl)c2c(c1)OCCO2. The lowest BCUT2D eigenvalue weighted by Gasteiger charge is -2.20. The van der Waals surface area contributed by atoms with Crippen LogP contribution in [-0.4, -0.2) is 38.8 Å². The summed E-state index contributed by atoms with van der Waals surface area (Å²) in [5, 5.41) is 6.41. The Hall–Kier alpha value is -1.46. The maximum Gasteiger partial charge on any atom is 0.224 e. The molecule has 0 radical (unpaired) electrons. The molecule has 0 aliphatic carbocycles. The number of nitrogens with one attached hydrogen (secondary N) is 2. The summed E-state index contributed by atoms with van der Waals surface area (Å²) >= 11 is 6.13. The van der Waals surface area contributed by atoms with Crippen molar-refractivity contribution in [2.24, 2.45) is 0 Å². The van der Waals surface area contributed by atoms with Crippen molar-refractivity contribution in [1.82, 2.24) is 10.6 Å². The maximum atomic E-state index is 11.9. The van der Waals surface area contributed by atoms with Gasteiger partial charge in [0.25, 0.3) is 0 Å². The van der Waals surface area contributed by atoms with Crippen LogP contribution in [0.2, 0.25) is 5.02 Å². The van der Waals surface area contributed by atoms with Crippen molar-refractivity contribution in [1.29, 1.82) is 0 Å². The second kappa shape index (κ2) is 6.81. The number of hydrogen-bond donors (Lipinski definition) is 2. The van der Waals surface area contributed by atoms with Crippen LogP contribution >= 0.6 is 11.6 Å². The van der Waals surface area contributed by atoms with Crippen LogP contribution in [0, 0.1) is 0 Å². The first kappa shape index (κ1) is 14.9. The fourth-order valence-corrected chi connectivity index (χ4v) is 2.17. The Morgan fingerprint density at radius 3 is 2.90 bits per heavy atom. The zero-order valence-corrected chi connectivity index (χ0v) is 12.4. The molecule has 1 aromatic rings. The topological polar surface area (TPSA) is 59.6 Å². The van der Waals surface area contributed by atoms with E-state index in [0.29, 0.717) is 36.3 Å². The number of halogens is 1. The second-order valence-electron chi connectivity index (χ2n) is 4.77. The highest BCUT2D eigenvalue weighted by atomic mass is 35.5. The van der Waals surface area contributed by atoms with E-state index >= 15 is 0 Å². The van der Waals surface area contributed by atoms with Gasteiger partial charge < -0.3 is 20.1 Å². The van der Waals surface area contributed by atoms with Gasteiger partial charge in [0, 0.05) is 12.6 Å². The van der Waals surface area contributed by atoms with E-state index in [0.717, 1.165) is 5.56 Å². The minimum absolute atomic E-state index is 0.0418. The first-order chi connectivity index (χ1) is 9.60. The van der Waals surface area contributed by atoms with Crippen molar-refractivity contribution in [3.63, 3.8) is 0 Å². The highest BCUT2D eigenvalue weighted by molar-refractivity contribution is 6.32. The van der Waals surface area contributed by atoms with Crippen LogP contribution in [0.25, 0.3) is 0 Å². The standard InChI is InChI=1S/C14H19ClN2O3/c1-9(16-2)8-17-13(18)7-10-5-11(15)14-12(6-10)19-3-4-20-14/h5-6,9,16H,3-4,7-8H2,1-2H3,(H,17,18). The summed E-state index contributed by atoms with van der Waals surface area (Å²) in [5.74, 6) is 1.13. The molecule has 0 spiro atoms. The van der Waals surface area contributed by atoms with Crippen LogP contribution in [0.3, 0.4) is 0 Å². The summed E-state index contributed by atoms with van der Waals surface area (Å²) in [4.78, 5) is 11.9. The van der Waals surface area contributed by atoms with Gasteiger partial charge in [-0.3, -0.25) is 4.79 Å². The molecule has 2 rings (SSSR count). The van der Waals surface area contributed by atoms with Crippen LogP contribution in [0.4, 0.5) is 0 Å². The molecule has 1 amide bonds. The largest absolute Gasteiger partial charge is 0.486 e. The van der Waals surface area contributed by atoms with Gasteiger partial charge in [-0.05, 0) is 31.7 Å². The molecule has 1 atom stereocenters. The van der Waals surface area contributed by atoms with Gasteiger partial charge in [0.2, 0.25) is 5.91 Å². The third kappa shape index (κ3) is 3.77. The molecule has 1 aliphatic rings. The van der Waals surface area contributed by atoms with Crippen molar-refractivity contribution in [2.75, 3.05) is 26.8 Å². The zero-order valence-electron chi connectivity index (χ0n) is 11.7. The molecule has 110 valence electrons. The molecule has 1 aromatic carbocycles. The third-order valence-corrected chi connectivity index (χ3v) is 3.40. The van der Waals surface area contributed by atoms with Crippen molar-refractivity contribution >= 4 is 17.5 Å². The first-order valence-corrected chi connectivity index (χ1v) is 7.00. The van der Waals surface area contributed by atoms with E-state index in [1.54, 1.807) is 12.1 Å².